The van der Waals surface area contributed by atoms with Gasteiger partial charge in [-0.05, 0) is 55.7 Å². The third-order valence-corrected chi connectivity index (χ3v) is 7.45. The summed E-state index contributed by atoms with van der Waals surface area (Å²) in [4.78, 5) is 14.4. The van der Waals surface area contributed by atoms with Crippen molar-refractivity contribution in [1.29, 1.82) is 0 Å². The van der Waals surface area contributed by atoms with E-state index >= 15 is 0 Å². The number of rotatable bonds is 6. The highest BCUT2D eigenvalue weighted by molar-refractivity contribution is 7.89. The van der Waals surface area contributed by atoms with E-state index in [2.05, 4.69) is 0 Å². The molecule has 6 nitrogen and oxygen atoms in total. The Bertz CT molecular complexity index is 1010. The van der Waals surface area contributed by atoms with Crippen molar-refractivity contribution in [3.63, 3.8) is 0 Å². The van der Waals surface area contributed by atoms with Gasteiger partial charge in [-0.25, -0.2) is 12.8 Å². The lowest BCUT2D eigenvalue weighted by molar-refractivity contribution is 0.0785. The van der Waals surface area contributed by atoms with Crippen LogP contribution in [0.4, 0.5) is 4.39 Å². The molecule has 1 atom stereocenters. The van der Waals surface area contributed by atoms with Gasteiger partial charge in [-0.2, -0.15) is 4.31 Å². The summed E-state index contributed by atoms with van der Waals surface area (Å²) in [6.07, 6.45) is 2.61. The molecule has 3 rings (SSSR count). The van der Waals surface area contributed by atoms with Gasteiger partial charge in [0.1, 0.15) is 16.5 Å². The molecule has 0 aromatic heterocycles. The van der Waals surface area contributed by atoms with Crippen LogP contribution in [0.2, 0.25) is 0 Å². The SMILES string of the molecule is COc1ccc(C(=O)N(C)Cc2ccc(F)cc2)cc1S(=O)(=O)N1CCCCC1C. The molecule has 0 radical (unpaired) electrons. The van der Waals surface area contributed by atoms with E-state index in [1.165, 1.54) is 40.6 Å². The number of ether oxygens (including phenoxy) is 1. The minimum Gasteiger partial charge on any atom is -0.495 e. The van der Waals surface area contributed by atoms with E-state index in [4.69, 9.17) is 4.74 Å². The monoisotopic (exact) mass is 434 g/mol. The van der Waals surface area contributed by atoms with Crippen molar-refractivity contribution in [2.24, 2.45) is 0 Å². The van der Waals surface area contributed by atoms with Crippen LogP contribution in [0.5, 0.6) is 5.75 Å². The second-order valence-electron chi connectivity index (χ2n) is 7.61. The lowest BCUT2D eigenvalue weighted by atomic mass is 10.1. The summed E-state index contributed by atoms with van der Waals surface area (Å²) in [6.45, 7) is 2.63. The van der Waals surface area contributed by atoms with Gasteiger partial charge in [0.05, 0.1) is 7.11 Å². The highest BCUT2D eigenvalue weighted by atomic mass is 32.2. The Morgan fingerprint density at radius 1 is 1.20 bits per heavy atom. The van der Waals surface area contributed by atoms with Gasteiger partial charge in [0.2, 0.25) is 10.0 Å². The van der Waals surface area contributed by atoms with Crippen molar-refractivity contribution in [2.75, 3.05) is 20.7 Å². The number of halogens is 1. The summed E-state index contributed by atoms with van der Waals surface area (Å²) in [5, 5.41) is 0. The van der Waals surface area contributed by atoms with Crippen molar-refractivity contribution < 1.29 is 22.3 Å². The molecule has 1 saturated heterocycles. The Labute approximate surface area is 177 Å². The molecule has 8 heteroatoms. The summed E-state index contributed by atoms with van der Waals surface area (Å²) in [5.74, 6) is -0.458. The summed E-state index contributed by atoms with van der Waals surface area (Å²) in [5.41, 5.74) is 1.03. The van der Waals surface area contributed by atoms with Crippen LogP contribution in [0, 0.1) is 5.82 Å². The molecule has 0 spiro atoms. The Hall–Kier alpha value is -2.45. The van der Waals surface area contributed by atoms with E-state index < -0.39 is 10.0 Å². The maximum Gasteiger partial charge on any atom is 0.253 e. The molecule has 0 N–H and O–H groups in total. The van der Waals surface area contributed by atoms with Crippen LogP contribution in [0.1, 0.15) is 42.1 Å². The molecule has 1 amide bonds. The number of amides is 1. The molecule has 1 aliphatic rings. The second-order valence-corrected chi connectivity index (χ2v) is 9.47. The zero-order valence-corrected chi connectivity index (χ0v) is 18.3. The molecule has 162 valence electrons. The molecule has 0 saturated carbocycles. The topological polar surface area (TPSA) is 66.9 Å². The minimum absolute atomic E-state index is 0.000202. The summed E-state index contributed by atoms with van der Waals surface area (Å²) in [6, 6.07) is 10.3. The van der Waals surface area contributed by atoms with Crippen LogP contribution in [0.3, 0.4) is 0 Å². The van der Waals surface area contributed by atoms with Crippen LogP contribution in [0.25, 0.3) is 0 Å². The number of piperidine rings is 1. The van der Waals surface area contributed by atoms with E-state index in [1.54, 1.807) is 25.2 Å². The van der Waals surface area contributed by atoms with Gasteiger partial charge in [-0.3, -0.25) is 4.79 Å². The van der Waals surface area contributed by atoms with E-state index in [9.17, 15) is 17.6 Å². The molecule has 2 aromatic rings. The lowest BCUT2D eigenvalue weighted by Crippen LogP contribution is -2.42. The summed E-state index contributed by atoms with van der Waals surface area (Å²) >= 11 is 0. The smallest absolute Gasteiger partial charge is 0.253 e. The van der Waals surface area contributed by atoms with Gasteiger partial charge in [0.25, 0.3) is 5.91 Å². The van der Waals surface area contributed by atoms with Gasteiger partial charge in [0.15, 0.2) is 0 Å². The molecule has 1 aliphatic heterocycles. The van der Waals surface area contributed by atoms with Crippen LogP contribution in [-0.2, 0) is 16.6 Å². The molecule has 0 aliphatic carbocycles. The number of nitrogens with zero attached hydrogens (tertiary/aromatic N) is 2. The fraction of sp³-hybridized carbons (Fsp3) is 0.409. The Balaban J connectivity index is 1.89. The van der Waals surface area contributed by atoms with E-state index in [1.807, 2.05) is 6.92 Å². The predicted molar refractivity (Wildman–Crippen MR) is 112 cm³/mol. The first-order chi connectivity index (χ1) is 14.2. The Morgan fingerprint density at radius 3 is 2.53 bits per heavy atom. The molecular weight excluding hydrogens is 407 g/mol. The number of carbonyl (C=O) groups is 1. The predicted octanol–water partition coefficient (Wildman–Crippen LogP) is 3.67. The van der Waals surface area contributed by atoms with E-state index in [0.717, 1.165) is 24.8 Å². The van der Waals surface area contributed by atoms with E-state index in [-0.39, 0.29) is 40.5 Å². The van der Waals surface area contributed by atoms with Crippen LogP contribution in [0.15, 0.2) is 47.4 Å². The van der Waals surface area contributed by atoms with Crippen molar-refractivity contribution in [3.05, 3.63) is 59.4 Å². The number of hydrogen-bond donors (Lipinski definition) is 0. The zero-order chi connectivity index (χ0) is 21.9. The second kappa shape index (κ2) is 9.14. The molecular formula is C22H27FN2O4S. The molecule has 2 aromatic carbocycles. The quantitative estimate of drug-likeness (QED) is 0.696. The Morgan fingerprint density at radius 2 is 1.90 bits per heavy atom. The number of sulfonamides is 1. The zero-order valence-electron chi connectivity index (χ0n) is 17.5. The van der Waals surface area contributed by atoms with Gasteiger partial charge < -0.3 is 9.64 Å². The molecule has 1 heterocycles. The lowest BCUT2D eigenvalue weighted by Gasteiger charge is -2.32. The van der Waals surface area contributed by atoms with Gasteiger partial charge in [0, 0.05) is 31.7 Å². The first kappa shape index (κ1) is 22.2. The average molecular weight is 435 g/mol. The maximum atomic E-state index is 13.3. The van der Waals surface area contributed by atoms with Gasteiger partial charge >= 0.3 is 0 Å². The first-order valence-corrected chi connectivity index (χ1v) is 11.4. The van der Waals surface area contributed by atoms with Crippen molar-refractivity contribution in [3.8, 4) is 5.75 Å². The molecule has 30 heavy (non-hydrogen) atoms. The molecule has 1 fully saturated rings. The largest absolute Gasteiger partial charge is 0.495 e. The molecule has 1 unspecified atom stereocenters. The number of methoxy groups -OCH3 is 1. The summed E-state index contributed by atoms with van der Waals surface area (Å²) < 4.78 is 46.5. The fourth-order valence-electron chi connectivity index (χ4n) is 3.72. The standard InChI is InChI=1S/C22H27FN2O4S/c1-16-6-4-5-13-25(16)30(27,28)21-14-18(9-12-20(21)29-3)22(26)24(2)15-17-7-10-19(23)11-8-17/h7-12,14,16H,4-6,13,15H2,1-3H3. The van der Waals surface area contributed by atoms with Crippen molar-refractivity contribution >= 4 is 15.9 Å². The third-order valence-electron chi connectivity index (χ3n) is 5.42. The van der Waals surface area contributed by atoms with Crippen LogP contribution >= 0.6 is 0 Å². The van der Waals surface area contributed by atoms with Crippen molar-refractivity contribution in [2.45, 2.75) is 43.7 Å². The molecule has 0 bridgehead atoms. The van der Waals surface area contributed by atoms with Gasteiger partial charge in [-0.15, -0.1) is 0 Å². The highest BCUT2D eigenvalue weighted by Crippen LogP contribution is 2.32. The maximum absolute atomic E-state index is 13.3. The highest BCUT2D eigenvalue weighted by Gasteiger charge is 2.33. The Kier molecular flexibility index (Phi) is 6.77. The van der Waals surface area contributed by atoms with Gasteiger partial charge in [-0.1, -0.05) is 18.6 Å². The first-order valence-electron chi connectivity index (χ1n) is 9.94. The van der Waals surface area contributed by atoms with Crippen molar-refractivity contribution in [1.82, 2.24) is 9.21 Å². The third kappa shape index (κ3) is 4.65. The summed E-state index contributed by atoms with van der Waals surface area (Å²) in [7, 11) is -0.769. The minimum atomic E-state index is -3.80. The fourth-order valence-corrected chi connectivity index (χ4v) is 5.61. The van der Waals surface area contributed by atoms with Crippen LogP contribution < -0.4 is 4.74 Å². The van der Waals surface area contributed by atoms with E-state index in [0.29, 0.717) is 6.54 Å². The number of hydrogen-bond acceptors (Lipinski definition) is 4. The average Bonchev–Trinajstić information content (AvgIpc) is 2.74. The number of benzene rings is 2. The normalized spacial score (nSPS) is 17.5. The van der Waals surface area contributed by atoms with Crippen LogP contribution in [-0.4, -0.2) is 50.3 Å². The number of carbonyl (C=O) groups excluding carboxylic acids is 1.